The highest BCUT2D eigenvalue weighted by Crippen LogP contribution is 2.33. The van der Waals surface area contributed by atoms with Gasteiger partial charge in [-0.25, -0.2) is 0 Å². The van der Waals surface area contributed by atoms with Crippen LogP contribution in [0.1, 0.15) is 74.8 Å². The Balaban J connectivity index is 0.000000723. The number of halogens is 1. The van der Waals surface area contributed by atoms with E-state index in [0.29, 0.717) is 12.5 Å². The van der Waals surface area contributed by atoms with Gasteiger partial charge >= 0.3 is 0 Å². The molecule has 1 amide bonds. The van der Waals surface area contributed by atoms with Gasteiger partial charge < -0.3 is 15.0 Å². The van der Waals surface area contributed by atoms with Crippen molar-refractivity contribution in [2.45, 2.75) is 70.3 Å². The van der Waals surface area contributed by atoms with E-state index in [1.807, 2.05) is 36.4 Å². The molecule has 2 heterocycles. The summed E-state index contributed by atoms with van der Waals surface area (Å²) in [5, 5.41) is 2.29. The lowest BCUT2D eigenvalue weighted by Gasteiger charge is -2.30. The molecule has 222 valence electrons. The molecular weight excluding hydrogens is 572 g/mol. The van der Waals surface area contributed by atoms with Gasteiger partial charge in [-0.2, -0.15) is 0 Å². The molecule has 2 saturated heterocycles. The zero-order chi connectivity index (χ0) is 30.7. The molecule has 1 saturated carbocycles. The van der Waals surface area contributed by atoms with E-state index in [9.17, 15) is 4.79 Å². The molecule has 2 aromatic carbocycles. The van der Waals surface area contributed by atoms with Crippen LogP contribution < -0.4 is 5.32 Å². The molecule has 0 radical (unpaired) electrons. The number of quaternary nitrogens is 1. The zero-order valence-corrected chi connectivity index (χ0v) is 26.5. The molecule has 2 N–H and O–H groups in total. The minimum absolute atomic E-state index is 0.0954. The molecule has 3 fully saturated rings. The third kappa shape index (κ3) is 14.4. The van der Waals surface area contributed by atoms with Crippen LogP contribution in [-0.4, -0.2) is 44.1 Å². The van der Waals surface area contributed by atoms with Crippen LogP contribution in [0, 0.1) is 44.5 Å². The van der Waals surface area contributed by atoms with Gasteiger partial charge in [0, 0.05) is 24.7 Å². The second-order valence-corrected chi connectivity index (χ2v) is 10.7. The number of piperidine rings is 1. The second kappa shape index (κ2) is 25.9. The monoisotopic (exact) mass is 621 g/mol. The molecule has 5 heteroatoms. The van der Waals surface area contributed by atoms with Gasteiger partial charge in [0.05, 0.1) is 31.5 Å². The summed E-state index contributed by atoms with van der Waals surface area (Å²) in [6, 6.07) is 18.3. The summed E-state index contributed by atoms with van der Waals surface area (Å²) >= 11 is 3.64. The SMILES string of the molecule is C#C.C#C.C#C.C1CCCCC1.COCc1c(Br)cccc1[C@@H]1C[NH2+]CC1C(=O)N1CCCCC1.c1ccccc1. The Labute approximate surface area is 259 Å². The van der Waals surface area contributed by atoms with Crippen LogP contribution in [0.2, 0.25) is 0 Å². The third-order valence-electron chi connectivity index (χ3n) is 7.32. The topological polar surface area (TPSA) is 46.1 Å². The van der Waals surface area contributed by atoms with Crippen molar-refractivity contribution in [2.24, 2.45) is 5.92 Å². The van der Waals surface area contributed by atoms with Crippen molar-refractivity contribution in [3.63, 3.8) is 0 Å². The molecular formula is C36H50BrN2O2+. The number of benzene rings is 2. The largest absolute Gasteiger partial charge is 0.380 e. The third-order valence-corrected chi connectivity index (χ3v) is 8.06. The molecule has 5 rings (SSSR count). The van der Waals surface area contributed by atoms with Crippen molar-refractivity contribution in [3.05, 3.63) is 70.2 Å². The van der Waals surface area contributed by atoms with Crippen LogP contribution in [0.4, 0.5) is 0 Å². The van der Waals surface area contributed by atoms with Crippen LogP contribution in [0.3, 0.4) is 0 Å². The predicted molar refractivity (Wildman–Crippen MR) is 177 cm³/mol. The first-order valence-corrected chi connectivity index (χ1v) is 15.4. The molecule has 0 aromatic heterocycles. The highest BCUT2D eigenvalue weighted by molar-refractivity contribution is 9.10. The average Bonchev–Trinajstić information content (AvgIpc) is 3.57. The second-order valence-electron chi connectivity index (χ2n) is 9.88. The first-order chi connectivity index (χ1) is 20.2. The summed E-state index contributed by atoms with van der Waals surface area (Å²) < 4.78 is 6.46. The van der Waals surface area contributed by atoms with Gasteiger partial charge in [0.2, 0.25) is 5.91 Å². The van der Waals surface area contributed by atoms with Crippen LogP contribution in [0.15, 0.2) is 59.1 Å². The summed E-state index contributed by atoms with van der Waals surface area (Å²) in [6.45, 7) is 4.34. The van der Waals surface area contributed by atoms with E-state index in [4.69, 9.17) is 4.74 Å². The number of amides is 1. The van der Waals surface area contributed by atoms with E-state index in [1.165, 1.54) is 56.1 Å². The van der Waals surface area contributed by atoms with Crippen LogP contribution in [-0.2, 0) is 16.1 Å². The number of likely N-dealkylation sites (tertiary alicyclic amines) is 1. The van der Waals surface area contributed by atoms with E-state index in [-0.39, 0.29) is 11.8 Å². The maximum Gasteiger partial charge on any atom is 0.232 e. The lowest BCUT2D eigenvalue weighted by Crippen LogP contribution is -2.81. The lowest BCUT2D eigenvalue weighted by molar-refractivity contribution is -0.638. The zero-order valence-electron chi connectivity index (χ0n) is 24.9. The number of hydrogen-bond acceptors (Lipinski definition) is 2. The fourth-order valence-electron chi connectivity index (χ4n) is 5.41. The van der Waals surface area contributed by atoms with E-state index < -0.39 is 0 Å². The summed E-state index contributed by atoms with van der Waals surface area (Å²) in [6.07, 6.45) is 36.6. The van der Waals surface area contributed by atoms with Crippen molar-refractivity contribution in [1.82, 2.24) is 4.90 Å². The molecule has 1 unspecified atom stereocenters. The number of terminal acetylenes is 3. The lowest BCUT2D eigenvalue weighted by atomic mass is 9.85. The van der Waals surface area contributed by atoms with Gasteiger partial charge in [-0.15, -0.1) is 38.5 Å². The number of carbonyl (C=O) groups excluding carboxylic acids is 1. The van der Waals surface area contributed by atoms with Gasteiger partial charge in [0.15, 0.2) is 0 Å². The van der Waals surface area contributed by atoms with Crippen molar-refractivity contribution in [2.75, 3.05) is 33.3 Å². The normalized spacial score (nSPS) is 18.8. The number of carbonyl (C=O) groups is 1. The molecule has 41 heavy (non-hydrogen) atoms. The molecule has 1 aliphatic carbocycles. The highest BCUT2D eigenvalue weighted by Gasteiger charge is 2.40. The summed E-state index contributed by atoms with van der Waals surface area (Å²) in [5.74, 6) is 0.733. The highest BCUT2D eigenvalue weighted by atomic mass is 79.9. The van der Waals surface area contributed by atoms with Crippen molar-refractivity contribution < 1.29 is 14.8 Å². The first-order valence-electron chi connectivity index (χ1n) is 14.6. The molecule has 0 bridgehead atoms. The summed E-state index contributed by atoms with van der Waals surface area (Å²) in [4.78, 5) is 15.1. The standard InChI is InChI=1S/C18H25BrN2O2.C6H12.C6H6.3C2H2/c1-23-12-16-13(6-5-7-17(16)19)14-10-20-11-15(14)18(22)21-8-3-2-4-9-21;2*1-2-4-6-5-3-1;3*1-2/h5-7,14-15,20H,2-4,8-12H2,1H3;1-6H2;1-6H;3*1-2H/p+1/t14-,15?;;;;;/m0...../s1. The van der Waals surface area contributed by atoms with Crippen LogP contribution >= 0.6 is 15.9 Å². The Kier molecular flexibility index (Phi) is 24.0. The Hall–Kier alpha value is -3.01. The van der Waals surface area contributed by atoms with Gasteiger partial charge in [0.1, 0.15) is 0 Å². The summed E-state index contributed by atoms with van der Waals surface area (Å²) in [7, 11) is 1.72. The molecule has 3 aliphatic rings. The Bertz CT molecular complexity index is 924. The van der Waals surface area contributed by atoms with Crippen molar-refractivity contribution >= 4 is 21.8 Å². The molecule has 2 atom stereocenters. The smallest absolute Gasteiger partial charge is 0.232 e. The van der Waals surface area contributed by atoms with E-state index >= 15 is 0 Å². The fraction of sp³-hybridized carbons (Fsp3) is 0.472. The van der Waals surface area contributed by atoms with E-state index in [2.05, 4.69) is 82.9 Å². The number of rotatable bonds is 4. The van der Waals surface area contributed by atoms with Gasteiger partial charge in [-0.1, -0.05) is 103 Å². The predicted octanol–water partition coefficient (Wildman–Crippen LogP) is 6.66. The number of ether oxygens (including phenoxy) is 1. The first kappa shape index (κ1) is 38.0. The van der Waals surface area contributed by atoms with Crippen LogP contribution in [0.5, 0.6) is 0 Å². The molecule has 4 nitrogen and oxygen atoms in total. The Morgan fingerprint density at radius 1 is 0.780 bits per heavy atom. The van der Waals surface area contributed by atoms with Gasteiger partial charge in [-0.05, 0) is 36.5 Å². The maximum atomic E-state index is 13.0. The number of nitrogens with zero attached hydrogens (tertiary/aromatic N) is 1. The van der Waals surface area contributed by atoms with Crippen molar-refractivity contribution in [3.8, 4) is 38.5 Å². The number of methoxy groups -OCH3 is 1. The maximum absolute atomic E-state index is 13.0. The number of hydrogen-bond donors (Lipinski definition) is 1. The summed E-state index contributed by atoms with van der Waals surface area (Å²) in [5.41, 5.74) is 2.46. The van der Waals surface area contributed by atoms with Gasteiger partial charge in [-0.3, -0.25) is 4.79 Å². The Morgan fingerprint density at radius 3 is 1.71 bits per heavy atom. The van der Waals surface area contributed by atoms with Crippen molar-refractivity contribution in [1.29, 1.82) is 0 Å². The van der Waals surface area contributed by atoms with Crippen LogP contribution in [0.25, 0.3) is 0 Å². The fourth-order valence-corrected chi connectivity index (χ4v) is 5.91. The molecule has 2 aliphatic heterocycles. The van der Waals surface area contributed by atoms with E-state index in [0.717, 1.165) is 43.5 Å². The van der Waals surface area contributed by atoms with E-state index in [1.54, 1.807) is 7.11 Å². The minimum Gasteiger partial charge on any atom is -0.380 e. The van der Waals surface area contributed by atoms with Gasteiger partial charge in [0.25, 0.3) is 0 Å². The average molecular weight is 623 g/mol. The Morgan fingerprint density at radius 2 is 1.24 bits per heavy atom. The quantitative estimate of drug-likeness (QED) is 0.388. The number of nitrogens with two attached hydrogens (primary N) is 1. The minimum atomic E-state index is 0.0954. The molecule has 0 spiro atoms. The molecule has 2 aromatic rings.